The summed E-state index contributed by atoms with van der Waals surface area (Å²) in [6.07, 6.45) is -8.08. The van der Waals surface area contributed by atoms with Crippen LogP contribution in [-0.4, -0.2) is 18.0 Å². The van der Waals surface area contributed by atoms with E-state index in [-0.39, 0.29) is 5.92 Å². The maximum absolute atomic E-state index is 12.6. The monoisotopic (exact) mass is 240 g/mol. The molecule has 0 heterocycles. The Labute approximate surface area is 82.5 Å². The van der Waals surface area contributed by atoms with Crippen molar-refractivity contribution in [3.8, 4) is 0 Å². The molecule has 0 saturated heterocycles. The van der Waals surface area contributed by atoms with Gasteiger partial charge in [0.05, 0.1) is 0 Å². The zero-order valence-electron chi connectivity index (χ0n) is 8.14. The van der Waals surface area contributed by atoms with Crippen LogP contribution >= 0.6 is 0 Å². The molecule has 0 nitrogen and oxygen atoms in total. The number of halogens is 7. The molecule has 0 amide bonds. The van der Waals surface area contributed by atoms with Gasteiger partial charge in [0.2, 0.25) is 0 Å². The first-order valence-corrected chi connectivity index (χ1v) is 4.24. The Kier molecular flexibility index (Phi) is 4.04. The molecule has 0 N–H and O–H groups in total. The molecule has 0 aromatic carbocycles. The summed E-state index contributed by atoms with van der Waals surface area (Å²) in [5.41, 5.74) is 0. The smallest absolute Gasteiger partial charge is 0.200 e. The maximum Gasteiger partial charge on any atom is 0.459 e. The Hall–Kier alpha value is -0.490. The van der Waals surface area contributed by atoms with Gasteiger partial charge < -0.3 is 0 Å². The topological polar surface area (TPSA) is 0 Å². The molecule has 0 rings (SSSR count). The van der Waals surface area contributed by atoms with Crippen molar-refractivity contribution in [3.05, 3.63) is 0 Å². The molecule has 0 atom stereocenters. The van der Waals surface area contributed by atoms with Crippen LogP contribution in [0.3, 0.4) is 0 Å². The van der Waals surface area contributed by atoms with E-state index in [2.05, 4.69) is 0 Å². The van der Waals surface area contributed by atoms with E-state index in [0.29, 0.717) is 0 Å². The van der Waals surface area contributed by atoms with Gasteiger partial charge in [-0.15, -0.1) is 0 Å². The van der Waals surface area contributed by atoms with Crippen molar-refractivity contribution >= 4 is 0 Å². The van der Waals surface area contributed by atoms with E-state index >= 15 is 0 Å². The normalized spacial score (nSPS) is 14.8. The minimum Gasteiger partial charge on any atom is -0.200 e. The second-order valence-electron chi connectivity index (χ2n) is 3.71. The van der Waals surface area contributed by atoms with E-state index in [0.717, 1.165) is 0 Å². The summed E-state index contributed by atoms with van der Waals surface area (Å²) in [4.78, 5) is 0. The molecule has 0 aromatic rings. The molecule has 0 saturated carbocycles. The fourth-order valence-electron chi connectivity index (χ4n) is 0.834. The van der Waals surface area contributed by atoms with E-state index in [4.69, 9.17) is 0 Å². The largest absolute Gasteiger partial charge is 0.459 e. The first-order valence-electron chi connectivity index (χ1n) is 4.24. The van der Waals surface area contributed by atoms with Crippen molar-refractivity contribution in [1.82, 2.24) is 0 Å². The van der Waals surface area contributed by atoms with E-state index in [1.54, 1.807) is 0 Å². The second-order valence-corrected chi connectivity index (χ2v) is 3.71. The molecule has 0 aromatic heterocycles. The molecule has 92 valence electrons. The second kappa shape index (κ2) is 4.17. The number of rotatable bonds is 4. The Balaban J connectivity index is 4.70. The first kappa shape index (κ1) is 14.5. The van der Waals surface area contributed by atoms with Crippen molar-refractivity contribution in [2.75, 3.05) is 0 Å². The highest BCUT2D eigenvalue weighted by atomic mass is 19.4. The highest BCUT2D eigenvalue weighted by molar-refractivity contribution is 4.90. The highest BCUT2D eigenvalue weighted by Gasteiger charge is 2.72. The molecule has 7 heteroatoms. The predicted octanol–water partition coefficient (Wildman–Crippen LogP) is 4.26. The van der Waals surface area contributed by atoms with Gasteiger partial charge in [-0.1, -0.05) is 13.8 Å². The van der Waals surface area contributed by atoms with Gasteiger partial charge in [-0.25, -0.2) is 0 Å². The number of alkyl halides is 7. The van der Waals surface area contributed by atoms with E-state index in [9.17, 15) is 30.7 Å². The van der Waals surface area contributed by atoms with Gasteiger partial charge in [-0.3, -0.25) is 0 Å². The average Bonchev–Trinajstić information content (AvgIpc) is 1.98. The molecular formula is C8H11F7. The van der Waals surface area contributed by atoms with E-state index in [1.807, 2.05) is 0 Å². The van der Waals surface area contributed by atoms with Crippen molar-refractivity contribution in [1.29, 1.82) is 0 Å². The summed E-state index contributed by atoms with van der Waals surface area (Å²) >= 11 is 0. The average molecular weight is 240 g/mol. The van der Waals surface area contributed by atoms with Crippen molar-refractivity contribution in [2.45, 2.75) is 44.7 Å². The molecule has 0 aliphatic heterocycles. The lowest BCUT2D eigenvalue weighted by Gasteiger charge is -2.28. The number of hydrogen-bond acceptors (Lipinski definition) is 0. The quantitative estimate of drug-likeness (QED) is 0.644. The van der Waals surface area contributed by atoms with Crippen LogP contribution in [0.25, 0.3) is 0 Å². The van der Waals surface area contributed by atoms with Gasteiger partial charge in [0.15, 0.2) is 0 Å². The Morgan fingerprint density at radius 3 is 1.53 bits per heavy atom. The Morgan fingerprint density at radius 1 is 0.867 bits per heavy atom. The lowest BCUT2D eigenvalue weighted by molar-refractivity contribution is -0.356. The minimum atomic E-state index is -6.21. The van der Waals surface area contributed by atoms with Crippen LogP contribution in [0.5, 0.6) is 0 Å². The van der Waals surface area contributed by atoms with Crippen molar-refractivity contribution in [2.24, 2.45) is 5.92 Å². The highest BCUT2D eigenvalue weighted by Crippen LogP contribution is 2.48. The standard InChI is InChI=1S/C8H11F7/c1-5(2)3-4-6(9,10)7(11,12)8(13,14)15/h5H,3-4H2,1-2H3. The third-order valence-corrected chi connectivity index (χ3v) is 1.85. The third-order valence-electron chi connectivity index (χ3n) is 1.85. The molecule has 0 aliphatic rings. The molecule has 0 unspecified atom stereocenters. The molecule has 0 spiro atoms. The summed E-state index contributed by atoms with van der Waals surface area (Å²) in [6, 6.07) is 0. The molecule has 0 aliphatic carbocycles. The fraction of sp³-hybridized carbons (Fsp3) is 1.00. The van der Waals surface area contributed by atoms with Crippen molar-refractivity contribution in [3.63, 3.8) is 0 Å². The van der Waals surface area contributed by atoms with Gasteiger partial charge in [0, 0.05) is 6.42 Å². The predicted molar refractivity (Wildman–Crippen MR) is 40.0 cm³/mol. The van der Waals surface area contributed by atoms with Gasteiger partial charge in [0.25, 0.3) is 0 Å². The van der Waals surface area contributed by atoms with Gasteiger partial charge >= 0.3 is 18.0 Å². The lowest BCUT2D eigenvalue weighted by atomic mass is 10.00. The van der Waals surface area contributed by atoms with E-state index < -0.39 is 30.9 Å². The third kappa shape index (κ3) is 3.24. The molecule has 15 heavy (non-hydrogen) atoms. The van der Waals surface area contributed by atoms with Crippen LogP contribution in [0.2, 0.25) is 0 Å². The molecule has 0 fully saturated rings. The molecular weight excluding hydrogens is 229 g/mol. The zero-order chi connectivity index (χ0) is 12.5. The van der Waals surface area contributed by atoms with Crippen LogP contribution in [0.4, 0.5) is 30.7 Å². The van der Waals surface area contributed by atoms with Crippen LogP contribution in [0, 0.1) is 5.92 Å². The Bertz CT molecular complexity index is 204. The van der Waals surface area contributed by atoms with Gasteiger partial charge in [-0.2, -0.15) is 30.7 Å². The summed E-state index contributed by atoms with van der Waals surface area (Å²) in [6.45, 7) is 2.92. The molecule has 0 radical (unpaired) electrons. The van der Waals surface area contributed by atoms with Crippen LogP contribution in [0.1, 0.15) is 26.7 Å². The maximum atomic E-state index is 12.6. The minimum absolute atomic E-state index is 0.361. The summed E-state index contributed by atoms with van der Waals surface area (Å²) in [5, 5.41) is 0. The Morgan fingerprint density at radius 2 is 1.27 bits per heavy atom. The molecule has 0 bridgehead atoms. The summed E-state index contributed by atoms with van der Waals surface area (Å²) in [5.74, 6) is -11.4. The van der Waals surface area contributed by atoms with Crippen molar-refractivity contribution < 1.29 is 30.7 Å². The summed E-state index contributed by atoms with van der Waals surface area (Å²) < 4.78 is 84.6. The summed E-state index contributed by atoms with van der Waals surface area (Å²) in [7, 11) is 0. The van der Waals surface area contributed by atoms with Crippen LogP contribution < -0.4 is 0 Å². The van der Waals surface area contributed by atoms with Gasteiger partial charge in [0.1, 0.15) is 0 Å². The van der Waals surface area contributed by atoms with E-state index in [1.165, 1.54) is 13.8 Å². The van der Waals surface area contributed by atoms with Crippen LogP contribution in [0.15, 0.2) is 0 Å². The SMILES string of the molecule is CC(C)CCC(F)(F)C(F)(F)C(F)(F)F. The first-order chi connectivity index (χ1) is 6.42. The zero-order valence-corrected chi connectivity index (χ0v) is 8.14. The lowest BCUT2D eigenvalue weighted by Crippen LogP contribution is -2.51. The fourth-order valence-corrected chi connectivity index (χ4v) is 0.834. The number of hydrogen-bond donors (Lipinski definition) is 0. The van der Waals surface area contributed by atoms with Gasteiger partial charge in [-0.05, 0) is 12.3 Å². The van der Waals surface area contributed by atoms with Crippen LogP contribution in [-0.2, 0) is 0 Å².